The van der Waals surface area contributed by atoms with E-state index in [4.69, 9.17) is 0 Å². The molecule has 0 atom stereocenters. The summed E-state index contributed by atoms with van der Waals surface area (Å²) in [7, 11) is 0. The Morgan fingerprint density at radius 2 is 1.76 bits per heavy atom. The molecule has 0 aliphatic heterocycles. The minimum absolute atomic E-state index is 0.111. The molecule has 3 nitrogen and oxygen atoms in total. The van der Waals surface area contributed by atoms with Crippen molar-refractivity contribution in [3.05, 3.63) is 29.3 Å². The van der Waals surface area contributed by atoms with E-state index in [0.717, 1.165) is 48.9 Å². The second-order valence-electron chi connectivity index (χ2n) is 5.87. The Morgan fingerprint density at radius 1 is 1.19 bits per heavy atom. The summed E-state index contributed by atoms with van der Waals surface area (Å²) in [6.07, 6.45) is 6.19. The van der Waals surface area contributed by atoms with Gasteiger partial charge in [0.1, 0.15) is 5.41 Å². The van der Waals surface area contributed by atoms with Gasteiger partial charge in [0, 0.05) is 5.69 Å². The van der Waals surface area contributed by atoms with Gasteiger partial charge in [-0.3, -0.25) is 4.79 Å². The highest BCUT2D eigenvalue weighted by Gasteiger charge is 2.40. The van der Waals surface area contributed by atoms with Crippen molar-refractivity contribution < 1.29 is 4.79 Å². The maximum atomic E-state index is 12.7. The molecule has 1 aliphatic carbocycles. The van der Waals surface area contributed by atoms with Gasteiger partial charge in [-0.1, -0.05) is 51.3 Å². The van der Waals surface area contributed by atoms with Crippen LogP contribution >= 0.6 is 0 Å². The first-order valence-corrected chi connectivity index (χ1v) is 8.00. The van der Waals surface area contributed by atoms with Crippen LogP contribution in [-0.2, 0) is 17.6 Å². The monoisotopic (exact) mass is 284 g/mol. The lowest BCUT2D eigenvalue weighted by Gasteiger charge is -2.30. The second kappa shape index (κ2) is 6.76. The highest BCUT2D eigenvalue weighted by atomic mass is 16.2. The van der Waals surface area contributed by atoms with E-state index < -0.39 is 5.41 Å². The maximum Gasteiger partial charge on any atom is 0.244 e. The van der Waals surface area contributed by atoms with Crippen molar-refractivity contribution >= 4 is 11.6 Å². The van der Waals surface area contributed by atoms with Gasteiger partial charge in [-0.05, 0) is 36.8 Å². The first-order chi connectivity index (χ1) is 10.2. The topological polar surface area (TPSA) is 52.9 Å². The van der Waals surface area contributed by atoms with Crippen LogP contribution in [0.4, 0.5) is 5.69 Å². The van der Waals surface area contributed by atoms with Crippen LogP contribution in [0.15, 0.2) is 18.2 Å². The molecule has 0 unspecified atom stereocenters. The average Bonchev–Trinajstić information content (AvgIpc) is 2.55. The van der Waals surface area contributed by atoms with Crippen molar-refractivity contribution in [3.8, 4) is 6.07 Å². The third-order valence-corrected chi connectivity index (χ3v) is 4.59. The molecule has 0 radical (unpaired) electrons. The molecule has 112 valence electrons. The van der Waals surface area contributed by atoms with Crippen molar-refractivity contribution in [1.82, 2.24) is 0 Å². The Hall–Kier alpha value is -1.82. The molecule has 1 fully saturated rings. The number of anilines is 1. The number of nitriles is 1. The van der Waals surface area contributed by atoms with E-state index in [2.05, 4.69) is 37.4 Å². The van der Waals surface area contributed by atoms with Gasteiger partial charge in [0.2, 0.25) is 5.91 Å². The SMILES string of the molecule is CCc1cccc(CC)c1NC(=O)C1(C#N)CCCCC1. The van der Waals surface area contributed by atoms with Crippen molar-refractivity contribution in [1.29, 1.82) is 5.26 Å². The molecule has 2 rings (SSSR count). The van der Waals surface area contributed by atoms with E-state index in [1.54, 1.807) is 0 Å². The summed E-state index contributed by atoms with van der Waals surface area (Å²) in [5.41, 5.74) is 2.38. The molecular formula is C18H24N2O. The van der Waals surface area contributed by atoms with Gasteiger partial charge in [0.25, 0.3) is 0 Å². The van der Waals surface area contributed by atoms with E-state index >= 15 is 0 Å². The van der Waals surface area contributed by atoms with Gasteiger partial charge in [0.15, 0.2) is 0 Å². The number of aryl methyl sites for hydroxylation is 2. The molecule has 1 aliphatic rings. The van der Waals surface area contributed by atoms with Crippen molar-refractivity contribution in [2.75, 3.05) is 5.32 Å². The van der Waals surface area contributed by atoms with Gasteiger partial charge < -0.3 is 5.32 Å². The average molecular weight is 284 g/mol. The molecule has 0 saturated heterocycles. The molecule has 1 N–H and O–H groups in total. The fourth-order valence-corrected chi connectivity index (χ4v) is 3.18. The molecule has 0 spiro atoms. The molecule has 1 aromatic rings. The zero-order chi connectivity index (χ0) is 15.3. The number of hydrogen-bond donors (Lipinski definition) is 1. The lowest BCUT2D eigenvalue weighted by atomic mass is 9.74. The third-order valence-electron chi connectivity index (χ3n) is 4.59. The van der Waals surface area contributed by atoms with Gasteiger partial charge in [-0.25, -0.2) is 0 Å². The summed E-state index contributed by atoms with van der Waals surface area (Å²) < 4.78 is 0. The van der Waals surface area contributed by atoms with Crippen LogP contribution in [0.5, 0.6) is 0 Å². The predicted molar refractivity (Wildman–Crippen MR) is 85.0 cm³/mol. The number of amides is 1. The highest BCUT2D eigenvalue weighted by molar-refractivity contribution is 5.98. The Bertz CT molecular complexity index is 529. The molecular weight excluding hydrogens is 260 g/mol. The number of carbonyl (C=O) groups excluding carboxylic acids is 1. The van der Waals surface area contributed by atoms with Crippen LogP contribution in [0, 0.1) is 16.7 Å². The minimum Gasteiger partial charge on any atom is -0.324 e. The summed E-state index contributed by atoms with van der Waals surface area (Å²) in [4.78, 5) is 12.7. The van der Waals surface area contributed by atoms with Crippen molar-refractivity contribution in [3.63, 3.8) is 0 Å². The van der Waals surface area contributed by atoms with E-state index in [1.165, 1.54) is 0 Å². The lowest BCUT2D eigenvalue weighted by molar-refractivity contribution is -0.124. The Balaban J connectivity index is 2.29. The zero-order valence-electron chi connectivity index (χ0n) is 13.0. The van der Waals surface area contributed by atoms with Crippen molar-refractivity contribution in [2.45, 2.75) is 58.8 Å². The molecule has 1 saturated carbocycles. The number of benzene rings is 1. The lowest BCUT2D eigenvalue weighted by Crippen LogP contribution is -2.37. The van der Waals surface area contributed by atoms with Crippen molar-refractivity contribution in [2.24, 2.45) is 5.41 Å². The van der Waals surface area contributed by atoms with Gasteiger partial charge in [-0.15, -0.1) is 0 Å². The Kier molecular flexibility index (Phi) is 5.01. The second-order valence-corrected chi connectivity index (χ2v) is 5.87. The molecule has 0 bridgehead atoms. The fraction of sp³-hybridized carbons (Fsp3) is 0.556. The fourth-order valence-electron chi connectivity index (χ4n) is 3.18. The molecule has 0 aromatic heterocycles. The van der Waals surface area contributed by atoms with E-state index in [-0.39, 0.29) is 5.91 Å². The minimum atomic E-state index is -0.829. The zero-order valence-corrected chi connectivity index (χ0v) is 13.0. The summed E-state index contributed by atoms with van der Waals surface area (Å²) >= 11 is 0. The normalized spacial score (nSPS) is 17.0. The molecule has 0 heterocycles. The van der Waals surface area contributed by atoms with Gasteiger partial charge >= 0.3 is 0 Å². The molecule has 3 heteroatoms. The summed E-state index contributed by atoms with van der Waals surface area (Å²) in [6, 6.07) is 8.44. The number of nitrogens with one attached hydrogen (secondary N) is 1. The van der Waals surface area contributed by atoms with E-state index in [1.807, 2.05) is 6.07 Å². The maximum absolute atomic E-state index is 12.7. The van der Waals surface area contributed by atoms with Crippen LogP contribution in [0.1, 0.15) is 57.1 Å². The van der Waals surface area contributed by atoms with Crippen LogP contribution < -0.4 is 5.32 Å². The Labute approximate surface area is 127 Å². The molecule has 1 amide bonds. The summed E-state index contributed by atoms with van der Waals surface area (Å²) in [6.45, 7) is 4.18. The first kappa shape index (κ1) is 15.6. The standard InChI is InChI=1S/C18H24N2O/c1-3-14-9-8-10-15(4-2)16(14)20-17(21)18(13-19)11-6-5-7-12-18/h8-10H,3-7,11-12H2,1-2H3,(H,20,21). The smallest absolute Gasteiger partial charge is 0.244 e. The van der Waals surface area contributed by atoms with Crippen LogP contribution in [0.25, 0.3) is 0 Å². The van der Waals surface area contributed by atoms with E-state index in [0.29, 0.717) is 12.8 Å². The number of nitrogens with zero attached hydrogens (tertiary/aromatic N) is 1. The van der Waals surface area contributed by atoms with Crippen LogP contribution in [0.3, 0.4) is 0 Å². The number of rotatable bonds is 4. The summed E-state index contributed by atoms with van der Waals surface area (Å²) in [5, 5.41) is 12.6. The summed E-state index contributed by atoms with van der Waals surface area (Å²) in [5.74, 6) is -0.111. The number of carbonyl (C=O) groups is 1. The number of hydrogen-bond acceptors (Lipinski definition) is 2. The highest BCUT2D eigenvalue weighted by Crippen LogP contribution is 2.37. The molecule has 1 aromatic carbocycles. The van der Waals surface area contributed by atoms with E-state index in [9.17, 15) is 10.1 Å². The Morgan fingerprint density at radius 3 is 2.24 bits per heavy atom. The predicted octanol–water partition coefficient (Wildman–Crippen LogP) is 4.22. The van der Waals surface area contributed by atoms with Crippen LogP contribution in [0.2, 0.25) is 0 Å². The number of para-hydroxylation sites is 1. The molecule has 21 heavy (non-hydrogen) atoms. The van der Waals surface area contributed by atoms with Gasteiger partial charge in [-0.2, -0.15) is 5.26 Å². The first-order valence-electron chi connectivity index (χ1n) is 8.00. The van der Waals surface area contributed by atoms with Gasteiger partial charge in [0.05, 0.1) is 6.07 Å². The quantitative estimate of drug-likeness (QED) is 0.899. The largest absolute Gasteiger partial charge is 0.324 e. The third kappa shape index (κ3) is 3.10. The van der Waals surface area contributed by atoms with Crippen LogP contribution in [-0.4, -0.2) is 5.91 Å².